The molecule has 0 aromatic rings. The van der Waals surface area contributed by atoms with Crippen molar-refractivity contribution in [3.05, 3.63) is 12.2 Å². The number of carbonyl (C=O) groups excluding carboxylic acids is 2. The van der Waals surface area contributed by atoms with Gasteiger partial charge in [-0.3, -0.25) is 14.5 Å². The third kappa shape index (κ3) is 1.15. The molecule has 3 saturated carbocycles. The Morgan fingerprint density at radius 2 is 1.45 bits per heavy atom. The Kier molecular flexibility index (Phi) is 2.05. The summed E-state index contributed by atoms with van der Waals surface area (Å²) in [5, 5.41) is 0. The fraction of sp³-hybridized carbons (Fsp3) is 0.765. The van der Waals surface area contributed by atoms with Gasteiger partial charge < -0.3 is 0 Å². The maximum Gasteiger partial charge on any atom is 0.233 e. The number of allylic oxidation sites excluding steroid dienone is 2. The molecular formula is C17H21NO2. The van der Waals surface area contributed by atoms with E-state index in [9.17, 15) is 9.59 Å². The number of carbonyl (C=O) groups is 2. The van der Waals surface area contributed by atoms with Gasteiger partial charge in [-0.15, -0.1) is 0 Å². The van der Waals surface area contributed by atoms with Crippen molar-refractivity contribution in [1.82, 2.24) is 4.90 Å². The molecule has 2 bridgehead atoms. The number of amides is 2. The van der Waals surface area contributed by atoms with Gasteiger partial charge in [-0.25, -0.2) is 0 Å². The first-order valence-electron chi connectivity index (χ1n) is 8.29. The van der Waals surface area contributed by atoms with E-state index < -0.39 is 0 Å². The zero-order valence-corrected chi connectivity index (χ0v) is 11.8. The highest BCUT2D eigenvalue weighted by atomic mass is 16.2. The highest BCUT2D eigenvalue weighted by molar-refractivity contribution is 6.07. The molecule has 0 aromatic heterocycles. The van der Waals surface area contributed by atoms with Crippen LogP contribution in [0.3, 0.4) is 0 Å². The molecule has 1 saturated heterocycles. The van der Waals surface area contributed by atoms with Crippen LogP contribution < -0.4 is 0 Å². The maximum absolute atomic E-state index is 12.9. The lowest BCUT2D eigenvalue weighted by atomic mass is 9.85. The van der Waals surface area contributed by atoms with Gasteiger partial charge in [-0.2, -0.15) is 0 Å². The average Bonchev–Trinajstić information content (AvgIpc) is 3.06. The van der Waals surface area contributed by atoms with E-state index in [1.165, 1.54) is 32.1 Å². The van der Waals surface area contributed by atoms with Crippen molar-refractivity contribution in [3.8, 4) is 0 Å². The van der Waals surface area contributed by atoms with Crippen LogP contribution in [0.15, 0.2) is 12.2 Å². The highest BCUT2D eigenvalue weighted by Gasteiger charge is 2.73. The third-order valence-electron chi connectivity index (χ3n) is 6.83. The monoisotopic (exact) mass is 271 g/mol. The van der Waals surface area contributed by atoms with Crippen molar-refractivity contribution in [2.75, 3.05) is 0 Å². The second-order valence-electron chi connectivity index (χ2n) is 7.56. The minimum Gasteiger partial charge on any atom is -0.279 e. The Bertz CT molecular complexity index is 493. The maximum atomic E-state index is 12.9. The van der Waals surface area contributed by atoms with E-state index in [0.717, 1.165) is 12.8 Å². The minimum atomic E-state index is 0.00178. The Morgan fingerprint density at radius 3 is 1.95 bits per heavy atom. The van der Waals surface area contributed by atoms with Crippen molar-refractivity contribution in [2.45, 2.75) is 51.0 Å². The first-order chi connectivity index (χ1) is 9.74. The fourth-order valence-corrected chi connectivity index (χ4v) is 5.80. The number of hydrogen-bond donors (Lipinski definition) is 0. The number of hydrogen-bond acceptors (Lipinski definition) is 2. The molecule has 3 heteroatoms. The smallest absolute Gasteiger partial charge is 0.233 e. The molecule has 3 nitrogen and oxygen atoms in total. The van der Waals surface area contributed by atoms with Crippen molar-refractivity contribution in [1.29, 1.82) is 0 Å². The normalized spacial score (nSPS) is 44.7. The summed E-state index contributed by atoms with van der Waals surface area (Å²) < 4.78 is 0. The van der Waals surface area contributed by atoms with E-state index in [2.05, 4.69) is 12.2 Å². The van der Waals surface area contributed by atoms with Gasteiger partial charge in [0.1, 0.15) is 0 Å². The molecule has 2 amide bonds. The van der Waals surface area contributed by atoms with Crippen LogP contribution in [0.4, 0.5) is 0 Å². The predicted molar refractivity (Wildman–Crippen MR) is 73.5 cm³/mol. The number of imide groups is 1. The molecule has 5 rings (SSSR count). The molecule has 4 aliphatic carbocycles. The molecule has 20 heavy (non-hydrogen) atoms. The topological polar surface area (TPSA) is 37.4 Å². The molecular weight excluding hydrogens is 250 g/mol. The largest absolute Gasteiger partial charge is 0.279 e. The van der Waals surface area contributed by atoms with Crippen LogP contribution in [0.5, 0.6) is 0 Å². The summed E-state index contributed by atoms with van der Waals surface area (Å²) in [5.74, 6) is 1.11. The molecule has 4 fully saturated rings. The number of likely N-dealkylation sites (tertiary alicyclic amines) is 1. The molecule has 0 aromatic carbocycles. The van der Waals surface area contributed by atoms with Gasteiger partial charge in [-0.05, 0) is 42.9 Å². The van der Waals surface area contributed by atoms with Gasteiger partial charge in [0.25, 0.3) is 0 Å². The second kappa shape index (κ2) is 3.55. The molecule has 1 heterocycles. The minimum absolute atomic E-state index is 0.00178. The molecule has 0 N–H and O–H groups in total. The van der Waals surface area contributed by atoms with Crippen LogP contribution in [0.1, 0.15) is 44.9 Å². The van der Waals surface area contributed by atoms with E-state index in [1.54, 1.807) is 4.90 Å². The summed E-state index contributed by atoms with van der Waals surface area (Å²) in [6.45, 7) is 0. The van der Waals surface area contributed by atoms with E-state index in [-0.39, 0.29) is 29.7 Å². The van der Waals surface area contributed by atoms with Crippen molar-refractivity contribution in [2.24, 2.45) is 29.1 Å². The van der Waals surface area contributed by atoms with Crippen LogP contribution in [-0.2, 0) is 9.59 Å². The lowest BCUT2D eigenvalue weighted by molar-refractivity contribution is -0.144. The fourth-order valence-electron chi connectivity index (χ4n) is 5.80. The third-order valence-corrected chi connectivity index (χ3v) is 6.83. The van der Waals surface area contributed by atoms with Crippen LogP contribution >= 0.6 is 0 Å². The van der Waals surface area contributed by atoms with Crippen molar-refractivity contribution >= 4 is 11.8 Å². The van der Waals surface area contributed by atoms with Crippen molar-refractivity contribution in [3.63, 3.8) is 0 Å². The molecule has 4 atom stereocenters. The van der Waals surface area contributed by atoms with Gasteiger partial charge in [0, 0.05) is 6.04 Å². The summed E-state index contributed by atoms with van der Waals surface area (Å²) in [6.07, 6.45) is 12.6. The standard InChI is InChI=1S/C17H21NO2/c19-15-13-11-6-7-12(17(11)8-9-17)14(13)16(20)18(15)10-4-2-1-3-5-10/h6-7,10-14H,1-5,8-9H2. The van der Waals surface area contributed by atoms with E-state index >= 15 is 0 Å². The SMILES string of the molecule is O=C1C2C(C(=O)N1C1CCCCC1)C1C=CC2C12CC2. The lowest BCUT2D eigenvalue weighted by Crippen LogP contribution is -2.43. The highest BCUT2D eigenvalue weighted by Crippen LogP contribution is 2.73. The summed E-state index contributed by atoms with van der Waals surface area (Å²) in [7, 11) is 0. The first-order valence-corrected chi connectivity index (χ1v) is 8.29. The summed E-state index contributed by atoms with van der Waals surface area (Å²) in [4.78, 5) is 27.5. The lowest BCUT2D eigenvalue weighted by Gasteiger charge is -2.31. The zero-order valence-electron chi connectivity index (χ0n) is 11.8. The molecule has 106 valence electrons. The second-order valence-corrected chi connectivity index (χ2v) is 7.56. The van der Waals surface area contributed by atoms with Crippen LogP contribution in [0, 0.1) is 29.1 Å². The number of nitrogens with zero attached hydrogens (tertiary/aromatic N) is 1. The Morgan fingerprint density at radius 1 is 0.900 bits per heavy atom. The van der Waals surface area contributed by atoms with Gasteiger partial charge in [0.05, 0.1) is 11.8 Å². The molecule has 0 radical (unpaired) electrons. The Balaban J connectivity index is 1.50. The van der Waals surface area contributed by atoms with Crippen molar-refractivity contribution < 1.29 is 9.59 Å². The quantitative estimate of drug-likeness (QED) is 0.543. The summed E-state index contributed by atoms with van der Waals surface area (Å²) in [6, 6.07) is 0.212. The molecule has 1 aliphatic heterocycles. The van der Waals surface area contributed by atoms with Gasteiger partial charge >= 0.3 is 0 Å². The Labute approximate surface area is 119 Å². The molecule has 1 spiro atoms. The van der Waals surface area contributed by atoms with E-state index in [1.807, 2.05) is 0 Å². The van der Waals surface area contributed by atoms with Crippen LogP contribution in [0.2, 0.25) is 0 Å². The summed E-state index contributed by atoms with van der Waals surface area (Å²) >= 11 is 0. The molecule has 4 unspecified atom stereocenters. The molecule has 5 aliphatic rings. The number of rotatable bonds is 1. The van der Waals surface area contributed by atoms with Gasteiger partial charge in [-0.1, -0.05) is 31.4 Å². The van der Waals surface area contributed by atoms with Gasteiger partial charge in [0.15, 0.2) is 0 Å². The zero-order chi connectivity index (χ0) is 13.5. The average molecular weight is 271 g/mol. The first kappa shape index (κ1) is 11.5. The van der Waals surface area contributed by atoms with E-state index in [4.69, 9.17) is 0 Å². The van der Waals surface area contributed by atoms with E-state index in [0.29, 0.717) is 17.3 Å². The summed E-state index contributed by atoms with van der Waals surface area (Å²) in [5.41, 5.74) is 0.333. The van der Waals surface area contributed by atoms with Crippen LogP contribution in [0.25, 0.3) is 0 Å². The number of fused-ring (bicyclic) bond motifs is 3. The predicted octanol–water partition coefficient (Wildman–Crippen LogP) is 2.52. The van der Waals surface area contributed by atoms with Crippen LogP contribution in [-0.4, -0.2) is 22.8 Å². The van der Waals surface area contributed by atoms with Gasteiger partial charge in [0.2, 0.25) is 11.8 Å². The Hall–Kier alpha value is -1.12.